The van der Waals surface area contributed by atoms with Gasteiger partial charge < -0.3 is 5.32 Å². The zero-order chi connectivity index (χ0) is 21.2. The van der Waals surface area contributed by atoms with Crippen LogP contribution in [-0.4, -0.2) is 44.0 Å². The Morgan fingerprint density at radius 1 is 1.31 bits per heavy atom. The van der Waals surface area contributed by atoms with Crippen LogP contribution in [0, 0.1) is 5.92 Å². The molecule has 0 radical (unpaired) electrons. The van der Waals surface area contributed by atoms with Crippen molar-refractivity contribution in [1.29, 1.82) is 0 Å². The van der Waals surface area contributed by atoms with E-state index in [9.17, 15) is 26.4 Å². The fraction of sp³-hybridized carbons (Fsp3) is 0.400. The van der Waals surface area contributed by atoms with E-state index in [4.69, 9.17) is 0 Å². The molecule has 1 aromatic heterocycles. The molecular weight excluding hydrogens is 405 g/mol. The highest BCUT2D eigenvalue weighted by Gasteiger charge is 2.39. The normalized spacial score (nSPS) is 17.8. The number of carbonyl (C=O) groups is 1. The number of rotatable bonds is 5. The van der Waals surface area contributed by atoms with Gasteiger partial charge in [-0.15, -0.1) is 0 Å². The molecule has 1 atom stereocenters. The molecule has 0 bridgehead atoms. The Kier molecular flexibility index (Phi) is 5.97. The second-order valence-corrected chi connectivity index (χ2v) is 9.49. The Morgan fingerprint density at radius 2 is 2.07 bits per heavy atom. The van der Waals surface area contributed by atoms with Crippen molar-refractivity contribution in [2.75, 3.05) is 18.6 Å². The van der Waals surface area contributed by atoms with Crippen LogP contribution in [0.15, 0.2) is 36.5 Å². The third kappa shape index (κ3) is 5.35. The van der Waals surface area contributed by atoms with Gasteiger partial charge in [-0.2, -0.15) is 13.2 Å². The Bertz CT molecular complexity index is 1060. The number of nitrogens with one attached hydrogen (secondary N) is 1. The van der Waals surface area contributed by atoms with Gasteiger partial charge in [-0.1, -0.05) is 24.3 Å². The van der Waals surface area contributed by atoms with Crippen LogP contribution in [0.5, 0.6) is 0 Å². The molecule has 5 nitrogen and oxygen atoms in total. The van der Waals surface area contributed by atoms with E-state index in [2.05, 4.69) is 10.3 Å². The highest BCUT2D eigenvalue weighted by molar-refractivity contribution is 7.90. The summed E-state index contributed by atoms with van der Waals surface area (Å²) in [6.45, 7) is 0.00298. The lowest BCUT2D eigenvalue weighted by Crippen LogP contribution is -2.28. The molecule has 1 aliphatic rings. The van der Waals surface area contributed by atoms with Crippen LogP contribution in [0.3, 0.4) is 0 Å². The molecule has 1 amide bonds. The van der Waals surface area contributed by atoms with Crippen molar-refractivity contribution < 1.29 is 26.4 Å². The summed E-state index contributed by atoms with van der Waals surface area (Å²) >= 11 is 0. The molecule has 1 aromatic carbocycles. The quantitative estimate of drug-likeness (QED) is 0.790. The Balaban J connectivity index is 1.80. The van der Waals surface area contributed by atoms with Crippen LogP contribution in [0.2, 0.25) is 0 Å². The minimum Gasteiger partial charge on any atom is -0.351 e. The number of carbonyl (C=O) groups excluding carboxylic acids is 1. The maximum Gasteiger partial charge on any atom is 0.392 e. The summed E-state index contributed by atoms with van der Waals surface area (Å²) in [6.07, 6.45) is 0.252. The number of para-hydroxylation sites is 1. The van der Waals surface area contributed by atoms with E-state index < -0.39 is 27.8 Å². The van der Waals surface area contributed by atoms with Crippen molar-refractivity contribution in [3.63, 3.8) is 0 Å². The average Bonchev–Trinajstić information content (AvgIpc) is 2.65. The van der Waals surface area contributed by atoms with Gasteiger partial charge >= 0.3 is 6.18 Å². The van der Waals surface area contributed by atoms with Crippen LogP contribution in [0.1, 0.15) is 35.2 Å². The van der Waals surface area contributed by atoms with E-state index in [-0.39, 0.29) is 30.7 Å². The van der Waals surface area contributed by atoms with Gasteiger partial charge in [0, 0.05) is 29.9 Å². The molecule has 0 spiro atoms. The predicted octanol–water partition coefficient (Wildman–Crippen LogP) is 3.76. The lowest BCUT2D eigenvalue weighted by molar-refractivity contribution is -0.175. The fourth-order valence-corrected chi connectivity index (χ4v) is 3.85. The Labute approximate surface area is 166 Å². The molecule has 0 saturated heterocycles. The van der Waals surface area contributed by atoms with Gasteiger partial charge in [0.2, 0.25) is 0 Å². The molecule has 9 heteroatoms. The van der Waals surface area contributed by atoms with Gasteiger partial charge in [-0.05, 0) is 30.9 Å². The van der Waals surface area contributed by atoms with Gasteiger partial charge in [-0.3, -0.25) is 9.78 Å². The largest absolute Gasteiger partial charge is 0.392 e. The van der Waals surface area contributed by atoms with Crippen LogP contribution < -0.4 is 5.32 Å². The van der Waals surface area contributed by atoms with Crippen LogP contribution in [0.25, 0.3) is 16.5 Å². The van der Waals surface area contributed by atoms with Crippen molar-refractivity contribution in [2.24, 2.45) is 5.92 Å². The highest BCUT2D eigenvalue weighted by Crippen LogP contribution is 2.40. The number of amides is 1. The molecule has 156 valence electrons. The van der Waals surface area contributed by atoms with Gasteiger partial charge in [0.15, 0.2) is 0 Å². The molecule has 1 heterocycles. The molecule has 1 N–H and O–H groups in total. The number of alkyl halides is 3. The SMILES string of the molecule is CS(=O)(=O)CCNC(=O)c1cnc2c(C3=CCC(C(F)(F)F)CC3)cccc2c1. The number of benzene rings is 1. The van der Waals surface area contributed by atoms with Crippen LogP contribution in [0.4, 0.5) is 13.2 Å². The first-order valence-electron chi connectivity index (χ1n) is 9.15. The minimum atomic E-state index is -4.18. The first-order chi connectivity index (χ1) is 13.5. The number of sulfone groups is 1. The van der Waals surface area contributed by atoms with Crippen LogP contribution >= 0.6 is 0 Å². The van der Waals surface area contributed by atoms with Crippen LogP contribution in [-0.2, 0) is 9.84 Å². The maximum absolute atomic E-state index is 12.9. The van der Waals surface area contributed by atoms with E-state index in [0.717, 1.165) is 17.4 Å². The fourth-order valence-electron chi connectivity index (χ4n) is 3.37. The molecule has 0 fully saturated rings. The maximum atomic E-state index is 12.9. The molecule has 0 aliphatic heterocycles. The van der Waals surface area contributed by atoms with Crippen molar-refractivity contribution >= 4 is 32.2 Å². The second kappa shape index (κ2) is 8.14. The number of hydrogen-bond donors (Lipinski definition) is 1. The minimum absolute atomic E-state index is 0.00298. The first kappa shape index (κ1) is 21.3. The average molecular weight is 426 g/mol. The van der Waals surface area contributed by atoms with E-state index in [1.807, 2.05) is 6.07 Å². The number of hydrogen-bond acceptors (Lipinski definition) is 4. The standard InChI is InChI=1S/C20H21F3N2O3S/c1-29(27,28)10-9-24-19(26)15-11-14-3-2-4-17(18(14)25-12-15)13-5-7-16(8-6-13)20(21,22)23/h2-5,11-12,16H,6-10H2,1H3,(H,24,26). The molecule has 2 aromatic rings. The Morgan fingerprint density at radius 3 is 2.69 bits per heavy atom. The highest BCUT2D eigenvalue weighted by atomic mass is 32.2. The summed E-state index contributed by atoms with van der Waals surface area (Å²) in [5.74, 6) is -1.90. The zero-order valence-electron chi connectivity index (χ0n) is 15.8. The van der Waals surface area contributed by atoms with Crippen molar-refractivity contribution in [3.8, 4) is 0 Å². The van der Waals surface area contributed by atoms with Gasteiger partial charge in [0.25, 0.3) is 5.91 Å². The molecule has 3 rings (SSSR count). The van der Waals surface area contributed by atoms with Gasteiger partial charge in [0.1, 0.15) is 9.84 Å². The summed E-state index contributed by atoms with van der Waals surface area (Å²) in [5, 5.41) is 3.23. The summed E-state index contributed by atoms with van der Waals surface area (Å²) in [6, 6.07) is 7.02. The lowest BCUT2D eigenvalue weighted by atomic mass is 9.85. The smallest absolute Gasteiger partial charge is 0.351 e. The monoisotopic (exact) mass is 426 g/mol. The molecule has 0 saturated carbocycles. The van der Waals surface area contributed by atoms with E-state index in [1.54, 1.807) is 24.3 Å². The second-order valence-electron chi connectivity index (χ2n) is 7.23. The first-order valence-corrected chi connectivity index (χ1v) is 11.2. The summed E-state index contributed by atoms with van der Waals surface area (Å²) < 4.78 is 61.0. The third-order valence-corrected chi connectivity index (χ3v) is 5.90. The van der Waals surface area contributed by atoms with Gasteiger partial charge in [0.05, 0.1) is 22.8 Å². The number of allylic oxidation sites excluding steroid dienone is 2. The Hall–Kier alpha value is -2.42. The van der Waals surface area contributed by atoms with E-state index >= 15 is 0 Å². The summed E-state index contributed by atoms with van der Waals surface area (Å²) in [7, 11) is -3.17. The molecule has 1 unspecified atom stereocenters. The number of pyridine rings is 1. The summed E-state index contributed by atoms with van der Waals surface area (Å²) in [4.78, 5) is 16.6. The third-order valence-electron chi connectivity index (χ3n) is 4.95. The molecular formula is C20H21F3N2O3S. The predicted molar refractivity (Wildman–Crippen MR) is 105 cm³/mol. The molecule has 1 aliphatic carbocycles. The van der Waals surface area contributed by atoms with E-state index in [0.29, 0.717) is 17.3 Å². The van der Waals surface area contributed by atoms with Gasteiger partial charge in [-0.25, -0.2) is 8.42 Å². The number of nitrogens with zero attached hydrogens (tertiary/aromatic N) is 1. The van der Waals surface area contributed by atoms with Crippen molar-refractivity contribution in [1.82, 2.24) is 10.3 Å². The number of halogens is 3. The lowest BCUT2D eigenvalue weighted by Gasteiger charge is -2.24. The molecule has 29 heavy (non-hydrogen) atoms. The topological polar surface area (TPSA) is 76.1 Å². The number of aromatic nitrogens is 1. The van der Waals surface area contributed by atoms with Crippen molar-refractivity contribution in [2.45, 2.75) is 25.4 Å². The number of fused-ring (bicyclic) bond motifs is 1. The summed E-state index contributed by atoms with van der Waals surface area (Å²) in [5.41, 5.74) is 2.51. The van der Waals surface area contributed by atoms with E-state index in [1.165, 1.54) is 6.20 Å². The van der Waals surface area contributed by atoms with Crippen molar-refractivity contribution in [3.05, 3.63) is 47.7 Å². The zero-order valence-corrected chi connectivity index (χ0v) is 16.6.